The van der Waals surface area contributed by atoms with Gasteiger partial charge in [0, 0.05) is 27.2 Å². The van der Waals surface area contributed by atoms with Gasteiger partial charge in [0.1, 0.15) is 10.6 Å². The molecule has 0 saturated heterocycles. The Morgan fingerprint density at radius 2 is 1.68 bits per heavy atom. The number of carbonyl (C=O) groups is 3. The molecule has 0 spiro atoms. The van der Waals surface area contributed by atoms with Gasteiger partial charge in [-0.3, -0.25) is 14.9 Å². The number of halogens is 1. The number of nitrogens with two attached hydrogens (primary N) is 1. The number of fused-ring (bicyclic) bond motifs is 1. The second-order valence-electron chi connectivity index (χ2n) is 8.25. The van der Waals surface area contributed by atoms with Gasteiger partial charge >= 0.3 is 6.09 Å². The lowest BCUT2D eigenvalue weighted by atomic mass is 10.1. The number of anilines is 2. The first-order valence-electron chi connectivity index (χ1n) is 10.8. The number of carbonyl (C=O) groups excluding carboxylic acids is 3. The summed E-state index contributed by atoms with van der Waals surface area (Å²) >= 11 is 7.04. The van der Waals surface area contributed by atoms with Crippen LogP contribution in [0.2, 0.25) is 0 Å². The fraction of sp³-hybridized carbons (Fsp3) is 0.320. The molecule has 0 aliphatic rings. The molecule has 3 aromatic rings. The number of nitrogens with one attached hydrogen (secondary N) is 2. The third-order valence-electron chi connectivity index (χ3n) is 4.46. The summed E-state index contributed by atoms with van der Waals surface area (Å²) < 4.78 is 6.07. The van der Waals surface area contributed by atoms with E-state index in [1.54, 1.807) is 57.2 Å². The van der Waals surface area contributed by atoms with E-state index in [2.05, 4.69) is 10.6 Å². The zero-order valence-corrected chi connectivity index (χ0v) is 21.7. The molecule has 182 valence electrons. The summed E-state index contributed by atoms with van der Waals surface area (Å²) in [4.78, 5) is 37.2. The topological polar surface area (TPSA) is 111 Å². The van der Waals surface area contributed by atoms with Crippen LogP contribution in [0.15, 0.2) is 36.4 Å². The van der Waals surface area contributed by atoms with Gasteiger partial charge in [-0.15, -0.1) is 22.9 Å². The van der Waals surface area contributed by atoms with Crippen LogP contribution in [0.25, 0.3) is 10.1 Å². The minimum absolute atomic E-state index is 0.187. The molecule has 3 amide bonds. The minimum Gasteiger partial charge on any atom is -0.444 e. The van der Waals surface area contributed by atoms with Crippen molar-refractivity contribution in [1.82, 2.24) is 0 Å². The predicted octanol–water partition coefficient (Wildman–Crippen LogP) is 6.67. The average molecular weight is 504 g/mol. The van der Waals surface area contributed by atoms with Crippen LogP contribution in [0.1, 0.15) is 66.5 Å². The number of ether oxygens (including phenoxy) is 1. The molecule has 0 unspecified atom stereocenters. The van der Waals surface area contributed by atoms with Crippen molar-refractivity contribution in [3.8, 4) is 0 Å². The van der Waals surface area contributed by atoms with Gasteiger partial charge in [0.05, 0.1) is 5.56 Å². The van der Waals surface area contributed by atoms with Crippen LogP contribution < -0.4 is 16.4 Å². The summed E-state index contributed by atoms with van der Waals surface area (Å²) in [6, 6.07) is 10.3. The lowest BCUT2D eigenvalue weighted by Crippen LogP contribution is -2.27. The Morgan fingerprint density at radius 3 is 2.21 bits per heavy atom. The van der Waals surface area contributed by atoms with Crippen molar-refractivity contribution in [2.24, 2.45) is 5.73 Å². The highest BCUT2D eigenvalue weighted by Gasteiger charge is 2.22. The Hall–Kier alpha value is -3.10. The van der Waals surface area contributed by atoms with Crippen molar-refractivity contribution in [3.05, 3.63) is 58.7 Å². The standard InChI is InChI=1S/C23H24ClN3O4S.C2H6/c1-12-9-15(26-22(30)31-23(2,3)4)10-16-17(19(25)28)21(32-18(12)16)27-20(29)14-7-5-13(11-24)6-8-14;1-2/h5-10H,11H2,1-4H3,(H2,25,28)(H,26,30)(H,27,29);1-2H3. The van der Waals surface area contributed by atoms with E-state index in [0.717, 1.165) is 15.8 Å². The Bertz CT molecular complexity index is 1200. The van der Waals surface area contributed by atoms with E-state index in [0.29, 0.717) is 27.5 Å². The second-order valence-corrected chi connectivity index (χ2v) is 9.54. The third-order valence-corrected chi connectivity index (χ3v) is 6.03. The van der Waals surface area contributed by atoms with Crippen LogP contribution >= 0.6 is 22.9 Å². The van der Waals surface area contributed by atoms with Gasteiger partial charge in [-0.1, -0.05) is 26.0 Å². The zero-order valence-electron chi connectivity index (χ0n) is 20.2. The molecule has 1 aromatic heterocycles. The molecule has 4 N–H and O–H groups in total. The molecule has 0 aliphatic heterocycles. The van der Waals surface area contributed by atoms with Crippen LogP contribution in [0.4, 0.5) is 15.5 Å². The van der Waals surface area contributed by atoms with E-state index in [1.807, 2.05) is 20.8 Å². The largest absolute Gasteiger partial charge is 0.444 e. The van der Waals surface area contributed by atoms with Crippen LogP contribution in [-0.4, -0.2) is 23.5 Å². The summed E-state index contributed by atoms with van der Waals surface area (Å²) in [5.74, 6) is -0.703. The van der Waals surface area contributed by atoms with Crippen molar-refractivity contribution < 1.29 is 19.1 Å². The monoisotopic (exact) mass is 503 g/mol. The fourth-order valence-electron chi connectivity index (χ4n) is 3.12. The number of rotatable bonds is 5. The van der Waals surface area contributed by atoms with Gasteiger partial charge in [-0.25, -0.2) is 4.79 Å². The van der Waals surface area contributed by atoms with Gasteiger partial charge in [-0.05, 0) is 63.1 Å². The number of hydrogen-bond acceptors (Lipinski definition) is 5. The van der Waals surface area contributed by atoms with Crippen LogP contribution in [-0.2, 0) is 10.6 Å². The molecular formula is C25H30ClN3O4S. The quantitative estimate of drug-likeness (QED) is 0.337. The van der Waals surface area contributed by atoms with Gasteiger partial charge < -0.3 is 15.8 Å². The normalized spacial score (nSPS) is 10.8. The molecule has 3 rings (SSSR count). The second kappa shape index (κ2) is 11.4. The van der Waals surface area contributed by atoms with Gasteiger partial charge in [-0.2, -0.15) is 0 Å². The van der Waals surface area contributed by atoms with Crippen molar-refractivity contribution in [2.75, 3.05) is 10.6 Å². The molecule has 34 heavy (non-hydrogen) atoms. The minimum atomic E-state index is -0.683. The molecule has 0 radical (unpaired) electrons. The average Bonchev–Trinajstić information content (AvgIpc) is 3.12. The highest BCUT2D eigenvalue weighted by atomic mass is 35.5. The lowest BCUT2D eigenvalue weighted by molar-refractivity contribution is 0.0635. The van der Waals surface area contributed by atoms with E-state index in [1.165, 1.54) is 11.3 Å². The van der Waals surface area contributed by atoms with Crippen molar-refractivity contribution in [2.45, 2.75) is 53.0 Å². The molecule has 0 fully saturated rings. The highest BCUT2D eigenvalue weighted by Crippen LogP contribution is 2.39. The molecule has 2 aromatic carbocycles. The molecular weight excluding hydrogens is 474 g/mol. The first-order valence-corrected chi connectivity index (χ1v) is 12.2. The summed E-state index contributed by atoms with van der Waals surface area (Å²) in [6.07, 6.45) is -0.610. The Balaban J connectivity index is 0.00000199. The lowest BCUT2D eigenvalue weighted by Gasteiger charge is -2.19. The molecule has 0 aliphatic carbocycles. The maximum Gasteiger partial charge on any atom is 0.412 e. The first kappa shape index (κ1) is 27.1. The van der Waals surface area contributed by atoms with E-state index >= 15 is 0 Å². The maximum absolute atomic E-state index is 12.7. The summed E-state index contributed by atoms with van der Waals surface area (Å²) in [7, 11) is 0. The van der Waals surface area contributed by atoms with Crippen molar-refractivity contribution >= 4 is 61.6 Å². The molecule has 0 atom stereocenters. The number of amides is 3. The van der Waals surface area contributed by atoms with Gasteiger partial charge in [0.2, 0.25) is 0 Å². The van der Waals surface area contributed by atoms with Crippen LogP contribution in [0.3, 0.4) is 0 Å². The highest BCUT2D eigenvalue weighted by molar-refractivity contribution is 7.23. The Labute approximate surface area is 208 Å². The number of thiophene rings is 1. The maximum atomic E-state index is 12.7. The Morgan fingerprint density at radius 1 is 1.06 bits per heavy atom. The molecule has 0 saturated carbocycles. The predicted molar refractivity (Wildman–Crippen MR) is 140 cm³/mol. The number of primary amides is 1. The molecule has 9 heteroatoms. The van der Waals surface area contributed by atoms with Crippen molar-refractivity contribution in [3.63, 3.8) is 0 Å². The summed E-state index contributed by atoms with van der Waals surface area (Å²) in [6.45, 7) is 11.1. The number of alkyl halides is 1. The SMILES string of the molecule is CC.Cc1cc(NC(=O)OC(C)(C)C)cc2c(C(N)=O)c(NC(=O)c3ccc(CCl)cc3)sc12. The number of aryl methyl sites for hydroxylation is 1. The fourth-order valence-corrected chi connectivity index (χ4v) is 4.45. The van der Waals surface area contributed by atoms with Crippen molar-refractivity contribution in [1.29, 1.82) is 0 Å². The number of hydrogen-bond donors (Lipinski definition) is 3. The van der Waals surface area contributed by atoms with E-state index < -0.39 is 17.6 Å². The van der Waals surface area contributed by atoms with E-state index in [9.17, 15) is 14.4 Å². The molecule has 7 nitrogen and oxygen atoms in total. The smallest absolute Gasteiger partial charge is 0.412 e. The Kier molecular flexibility index (Phi) is 9.06. The van der Waals surface area contributed by atoms with Crippen LogP contribution in [0.5, 0.6) is 0 Å². The summed E-state index contributed by atoms with van der Waals surface area (Å²) in [5, 5.41) is 6.35. The van der Waals surface area contributed by atoms with E-state index in [-0.39, 0.29) is 11.5 Å². The first-order chi connectivity index (χ1) is 16.0. The van der Waals surface area contributed by atoms with E-state index in [4.69, 9.17) is 22.1 Å². The van der Waals surface area contributed by atoms with Gasteiger partial charge in [0.25, 0.3) is 11.8 Å². The zero-order chi connectivity index (χ0) is 25.6. The third kappa shape index (κ3) is 6.71. The summed E-state index contributed by atoms with van der Waals surface area (Å²) in [5.41, 5.74) is 7.78. The van der Waals surface area contributed by atoms with Gasteiger partial charge in [0.15, 0.2) is 0 Å². The van der Waals surface area contributed by atoms with Crippen LogP contribution in [0, 0.1) is 6.92 Å². The molecule has 1 heterocycles. The molecule has 0 bridgehead atoms. The number of benzene rings is 2.